The standard InChI is InChI=1S/C17H11ClF2N2O2/c18-16-11(17(23)24)7-10-14(2-1-3-15(10)22-16)21-8-9-4-5-12(19)13(20)6-9/h1-7,21H,8H2,(H,23,24). The van der Waals surface area contributed by atoms with Crippen LogP contribution in [0, 0.1) is 11.6 Å². The lowest BCUT2D eigenvalue weighted by Gasteiger charge is -2.11. The number of benzene rings is 2. The van der Waals surface area contributed by atoms with Crippen molar-refractivity contribution >= 4 is 34.2 Å². The predicted octanol–water partition coefficient (Wildman–Crippen LogP) is 4.48. The fourth-order valence-electron chi connectivity index (χ4n) is 2.32. The Kier molecular flexibility index (Phi) is 4.31. The molecule has 1 heterocycles. The van der Waals surface area contributed by atoms with E-state index < -0.39 is 17.6 Å². The second-order valence-electron chi connectivity index (χ2n) is 5.11. The van der Waals surface area contributed by atoms with Crippen LogP contribution in [0.3, 0.4) is 0 Å². The molecule has 7 heteroatoms. The van der Waals surface area contributed by atoms with Crippen LogP contribution >= 0.6 is 11.6 Å². The molecule has 0 spiro atoms. The lowest BCUT2D eigenvalue weighted by atomic mass is 10.1. The van der Waals surface area contributed by atoms with Crippen molar-refractivity contribution < 1.29 is 18.7 Å². The van der Waals surface area contributed by atoms with Gasteiger partial charge >= 0.3 is 5.97 Å². The second kappa shape index (κ2) is 6.41. The molecule has 122 valence electrons. The van der Waals surface area contributed by atoms with Gasteiger partial charge in [-0.05, 0) is 35.9 Å². The molecular weight excluding hydrogens is 338 g/mol. The predicted molar refractivity (Wildman–Crippen MR) is 87.4 cm³/mol. The molecule has 0 saturated heterocycles. The first kappa shape index (κ1) is 16.1. The average Bonchev–Trinajstić information content (AvgIpc) is 2.55. The Balaban J connectivity index is 1.95. The fourth-order valence-corrected chi connectivity index (χ4v) is 2.55. The Morgan fingerprint density at radius 2 is 1.96 bits per heavy atom. The van der Waals surface area contributed by atoms with Crippen LogP contribution in [0.2, 0.25) is 5.15 Å². The monoisotopic (exact) mass is 348 g/mol. The number of fused-ring (bicyclic) bond motifs is 1. The maximum atomic E-state index is 13.3. The number of anilines is 1. The van der Waals surface area contributed by atoms with Crippen LogP contribution in [0.25, 0.3) is 10.9 Å². The third-order valence-electron chi connectivity index (χ3n) is 3.51. The Labute approximate surface area is 140 Å². The zero-order valence-electron chi connectivity index (χ0n) is 12.2. The highest BCUT2D eigenvalue weighted by Crippen LogP contribution is 2.27. The lowest BCUT2D eigenvalue weighted by molar-refractivity contribution is 0.0697. The van der Waals surface area contributed by atoms with Gasteiger partial charge in [0.15, 0.2) is 11.6 Å². The van der Waals surface area contributed by atoms with Crippen molar-refractivity contribution in [3.8, 4) is 0 Å². The highest BCUT2D eigenvalue weighted by molar-refractivity contribution is 6.33. The van der Waals surface area contributed by atoms with Gasteiger partial charge in [-0.1, -0.05) is 23.7 Å². The second-order valence-corrected chi connectivity index (χ2v) is 5.46. The molecule has 24 heavy (non-hydrogen) atoms. The van der Waals surface area contributed by atoms with E-state index in [4.69, 9.17) is 16.7 Å². The van der Waals surface area contributed by atoms with Crippen molar-refractivity contribution in [2.24, 2.45) is 0 Å². The first-order chi connectivity index (χ1) is 11.5. The number of nitrogens with one attached hydrogen (secondary N) is 1. The number of pyridine rings is 1. The molecule has 1 aromatic heterocycles. The number of nitrogens with zero attached hydrogens (tertiary/aromatic N) is 1. The van der Waals surface area contributed by atoms with E-state index in [1.807, 2.05) is 0 Å². The summed E-state index contributed by atoms with van der Waals surface area (Å²) in [5.41, 5.74) is 1.58. The van der Waals surface area contributed by atoms with Gasteiger partial charge in [0.2, 0.25) is 0 Å². The number of carboxylic acids is 1. The SMILES string of the molecule is O=C(O)c1cc2c(NCc3ccc(F)c(F)c3)cccc2nc1Cl. The Morgan fingerprint density at radius 3 is 2.67 bits per heavy atom. The number of carboxylic acid groups (broad SMARTS) is 1. The maximum absolute atomic E-state index is 13.3. The van der Waals surface area contributed by atoms with Gasteiger partial charge in [0.25, 0.3) is 0 Å². The van der Waals surface area contributed by atoms with E-state index in [0.717, 1.165) is 12.1 Å². The Hall–Kier alpha value is -2.73. The molecule has 3 aromatic rings. The summed E-state index contributed by atoms with van der Waals surface area (Å²) in [6.45, 7) is 0.237. The zero-order chi connectivity index (χ0) is 17.3. The molecule has 0 radical (unpaired) electrons. The topological polar surface area (TPSA) is 62.2 Å². The van der Waals surface area contributed by atoms with E-state index in [-0.39, 0.29) is 17.3 Å². The first-order valence-corrected chi connectivity index (χ1v) is 7.34. The number of aromatic nitrogens is 1. The molecule has 0 fully saturated rings. The van der Waals surface area contributed by atoms with Crippen LogP contribution < -0.4 is 5.32 Å². The van der Waals surface area contributed by atoms with Gasteiger partial charge in [-0.25, -0.2) is 18.6 Å². The highest BCUT2D eigenvalue weighted by atomic mass is 35.5. The molecule has 0 amide bonds. The summed E-state index contributed by atoms with van der Waals surface area (Å²) in [5, 5.41) is 12.7. The fraction of sp³-hybridized carbons (Fsp3) is 0.0588. The smallest absolute Gasteiger partial charge is 0.338 e. The molecule has 4 nitrogen and oxygen atoms in total. The number of hydrogen-bond acceptors (Lipinski definition) is 3. The summed E-state index contributed by atoms with van der Waals surface area (Å²) in [5.74, 6) is -3.01. The minimum Gasteiger partial charge on any atom is -0.478 e. The number of rotatable bonds is 4. The summed E-state index contributed by atoms with van der Waals surface area (Å²) in [6, 6.07) is 10.2. The van der Waals surface area contributed by atoms with E-state index in [9.17, 15) is 13.6 Å². The van der Waals surface area contributed by atoms with Crippen LogP contribution in [0.15, 0.2) is 42.5 Å². The number of carbonyl (C=O) groups is 1. The molecule has 0 aliphatic rings. The van der Waals surface area contributed by atoms with Crippen LogP contribution in [-0.4, -0.2) is 16.1 Å². The molecule has 0 unspecified atom stereocenters. The quantitative estimate of drug-likeness (QED) is 0.682. The van der Waals surface area contributed by atoms with Crippen molar-refractivity contribution in [3.05, 3.63) is 70.4 Å². The molecule has 2 N–H and O–H groups in total. The Bertz CT molecular complexity index is 947. The van der Waals surface area contributed by atoms with Gasteiger partial charge < -0.3 is 10.4 Å². The van der Waals surface area contributed by atoms with Gasteiger partial charge in [-0.3, -0.25) is 0 Å². The van der Waals surface area contributed by atoms with Crippen molar-refractivity contribution in [1.82, 2.24) is 4.98 Å². The van der Waals surface area contributed by atoms with Gasteiger partial charge in [-0.2, -0.15) is 0 Å². The highest BCUT2D eigenvalue weighted by Gasteiger charge is 2.13. The molecule has 0 bridgehead atoms. The molecule has 0 saturated carbocycles. The van der Waals surface area contributed by atoms with Crippen LogP contribution in [-0.2, 0) is 6.54 Å². The molecule has 2 aromatic carbocycles. The van der Waals surface area contributed by atoms with E-state index in [1.165, 1.54) is 12.1 Å². The summed E-state index contributed by atoms with van der Waals surface area (Å²) >= 11 is 5.87. The summed E-state index contributed by atoms with van der Waals surface area (Å²) in [4.78, 5) is 15.3. The van der Waals surface area contributed by atoms with Crippen LogP contribution in [0.4, 0.5) is 14.5 Å². The third kappa shape index (κ3) is 3.14. The van der Waals surface area contributed by atoms with Gasteiger partial charge in [-0.15, -0.1) is 0 Å². The Morgan fingerprint density at radius 1 is 1.17 bits per heavy atom. The number of hydrogen-bond donors (Lipinski definition) is 2. The zero-order valence-corrected chi connectivity index (χ0v) is 12.9. The summed E-state index contributed by atoms with van der Waals surface area (Å²) < 4.78 is 26.2. The minimum atomic E-state index is -1.18. The normalized spacial score (nSPS) is 10.8. The molecule has 0 aliphatic heterocycles. The van der Waals surface area contributed by atoms with Crippen molar-refractivity contribution in [2.75, 3.05) is 5.32 Å². The lowest BCUT2D eigenvalue weighted by Crippen LogP contribution is -2.03. The van der Waals surface area contributed by atoms with Gasteiger partial charge in [0.05, 0.1) is 11.1 Å². The average molecular weight is 349 g/mol. The van der Waals surface area contributed by atoms with Crippen molar-refractivity contribution in [3.63, 3.8) is 0 Å². The molecule has 0 atom stereocenters. The largest absolute Gasteiger partial charge is 0.478 e. The van der Waals surface area contributed by atoms with E-state index in [1.54, 1.807) is 18.2 Å². The van der Waals surface area contributed by atoms with Crippen molar-refractivity contribution in [2.45, 2.75) is 6.54 Å². The van der Waals surface area contributed by atoms with Gasteiger partial charge in [0, 0.05) is 17.6 Å². The van der Waals surface area contributed by atoms with Crippen molar-refractivity contribution in [1.29, 1.82) is 0 Å². The number of aromatic carboxylic acids is 1. The van der Waals surface area contributed by atoms with Crippen LogP contribution in [0.5, 0.6) is 0 Å². The molecule has 0 aliphatic carbocycles. The van der Waals surface area contributed by atoms with E-state index in [0.29, 0.717) is 22.2 Å². The third-order valence-corrected chi connectivity index (χ3v) is 3.80. The molecule has 3 rings (SSSR count). The summed E-state index contributed by atoms with van der Waals surface area (Å²) in [7, 11) is 0. The first-order valence-electron chi connectivity index (χ1n) is 6.96. The van der Waals surface area contributed by atoms with E-state index >= 15 is 0 Å². The number of halogens is 3. The molecular formula is C17H11ClF2N2O2. The van der Waals surface area contributed by atoms with Crippen LogP contribution in [0.1, 0.15) is 15.9 Å². The maximum Gasteiger partial charge on any atom is 0.338 e. The summed E-state index contributed by atoms with van der Waals surface area (Å²) in [6.07, 6.45) is 0. The minimum absolute atomic E-state index is 0.0900. The van der Waals surface area contributed by atoms with Gasteiger partial charge in [0.1, 0.15) is 5.15 Å². The van der Waals surface area contributed by atoms with E-state index in [2.05, 4.69) is 10.3 Å².